The number of carbonyl (C=O) groups is 2. The Hall–Kier alpha value is -1.72. The molecule has 0 atom stereocenters. The van der Waals surface area contributed by atoms with E-state index in [9.17, 15) is 9.59 Å². The lowest BCUT2D eigenvalue weighted by Gasteiger charge is -2.07. The average molecular weight is 215 g/mol. The lowest BCUT2D eigenvalue weighted by molar-refractivity contribution is 0.152. The summed E-state index contributed by atoms with van der Waals surface area (Å²) in [4.78, 5) is 21.8. The standard InChI is InChI=1S/C9H17N3O3/c1-4-15-9(14)11-6-5-10-8(13)12-7(2)3/h2,4-6H2,1,3H3,(H,11,14)(H2,10,12,13). The third-order valence-electron chi connectivity index (χ3n) is 1.28. The van der Waals surface area contributed by atoms with Gasteiger partial charge in [0.2, 0.25) is 0 Å². The summed E-state index contributed by atoms with van der Waals surface area (Å²) in [6, 6.07) is -0.340. The van der Waals surface area contributed by atoms with E-state index in [-0.39, 0.29) is 6.03 Å². The highest BCUT2D eigenvalue weighted by atomic mass is 16.5. The van der Waals surface area contributed by atoms with Gasteiger partial charge in [-0.25, -0.2) is 9.59 Å². The molecule has 0 aromatic heterocycles. The molecule has 0 fully saturated rings. The monoisotopic (exact) mass is 215 g/mol. The molecule has 86 valence electrons. The highest BCUT2D eigenvalue weighted by Crippen LogP contribution is 1.78. The van der Waals surface area contributed by atoms with E-state index in [0.717, 1.165) is 0 Å². The van der Waals surface area contributed by atoms with Gasteiger partial charge in [-0.1, -0.05) is 6.58 Å². The Labute approximate surface area is 89.1 Å². The zero-order valence-corrected chi connectivity index (χ0v) is 9.05. The summed E-state index contributed by atoms with van der Waals surface area (Å²) in [5.74, 6) is 0. The topological polar surface area (TPSA) is 79.5 Å². The fourth-order valence-corrected chi connectivity index (χ4v) is 0.761. The Balaban J connectivity index is 3.42. The van der Waals surface area contributed by atoms with Gasteiger partial charge in [-0.15, -0.1) is 0 Å². The summed E-state index contributed by atoms with van der Waals surface area (Å²) < 4.78 is 4.62. The minimum absolute atomic E-state index is 0.322. The molecule has 0 rings (SSSR count). The van der Waals surface area contributed by atoms with Crippen LogP contribution in [-0.4, -0.2) is 31.8 Å². The van der Waals surface area contributed by atoms with E-state index in [1.54, 1.807) is 13.8 Å². The number of hydrogen-bond donors (Lipinski definition) is 3. The molecule has 15 heavy (non-hydrogen) atoms. The maximum atomic E-state index is 11.0. The van der Waals surface area contributed by atoms with Crippen LogP contribution in [0.15, 0.2) is 12.3 Å². The third kappa shape index (κ3) is 8.61. The first-order chi connectivity index (χ1) is 7.06. The van der Waals surface area contributed by atoms with Crippen molar-refractivity contribution < 1.29 is 14.3 Å². The molecular formula is C9H17N3O3. The first kappa shape index (κ1) is 13.3. The molecule has 0 saturated carbocycles. The minimum Gasteiger partial charge on any atom is -0.450 e. The molecule has 6 nitrogen and oxygen atoms in total. The Bertz CT molecular complexity index is 241. The molecule has 0 aliphatic heterocycles. The molecule has 0 unspecified atom stereocenters. The van der Waals surface area contributed by atoms with Crippen molar-refractivity contribution in [2.45, 2.75) is 13.8 Å². The molecule has 3 amide bonds. The van der Waals surface area contributed by atoms with Gasteiger partial charge in [0.1, 0.15) is 0 Å². The number of hydrogen-bond acceptors (Lipinski definition) is 3. The van der Waals surface area contributed by atoms with Crippen molar-refractivity contribution in [1.29, 1.82) is 0 Å². The van der Waals surface area contributed by atoms with Gasteiger partial charge in [-0.05, 0) is 13.8 Å². The van der Waals surface area contributed by atoms with Crippen LogP contribution in [0.4, 0.5) is 9.59 Å². The number of nitrogens with one attached hydrogen (secondary N) is 3. The van der Waals surface area contributed by atoms with Crippen LogP contribution >= 0.6 is 0 Å². The fraction of sp³-hybridized carbons (Fsp3) is 0.556. The van der Waals surface area contributed by atoms with E-state index in [4.69, 9.17) is 0 Å². The molecule has 0 saturated heterocycles. The number of urea groups is 1. The molecular weight excluding hydrogens is 198 g/mol. The Morgan fingerprint density at radius 1 is 1.27 bits per heavy atom. The van der Waals surface area contributed by atoms with Gasteiger partial charge in [-0.3, -0.25) is 0 Å². The van der Waals surface area contributed by atoms with Gasteiger partial charge in [0, 0.05) is 18.8 Å². The van der Waals surface area contributed by atoms with Crippen molar-refractivity contribution in [1.82, 2.24) is 16.0 Å². The highest BCUT2D eigenvalue weighted by Gasteiger charge is 2.00. The van der Waals surface area contributed by atoms with E-state index in [0.29, 0.717) is 25.4 Å². The summed E-state index contributed by atoms with van der Waals surface area (Å²) in [6.07, 6.45) is -0.486. The highest BCUT2D eigenvalue weighted by molar-refractivity contribution is 5.75. The number of ether oxygens (including phenoxy) is 1. The number of allylic oxidation sites excluding steroid dienone is 1. The van der Waals surface area contributed by atoms with E-state index in [2.05, 4.69) is 27.3 Å². The summed E-state index contributed by atoms with van der Waals surface area (Å²) >= 11 is 0. The zero-order chi connectivity index (χ0) is 11.7. The van der Waals surface area contributed by atoms with E-state index >= 15 is 0 Å². The van der Waals surface area contributed by atoms with Crippen LogP contribution in [0.1, 0.15) is 13.8 Å². The van der Waals surface area contributed by atoms with Crippen LogP contribution in [0.25, 0.3) is 0 Å². The first-order valence-corrected chi connectivity index (χ1v) is 4.67. The van der Waals surface area contributed by atoms with Gasteiger partial charge in [-0.2, -0.15) is 0 Å². The van der Waals surface area contributed by atoms with Crippen molar-refractivity contribution in [3.05, 3.63) is 12.3 Å². The van der Waals surface area contributed by atoms with Crippen LogP contribution in [0.5, 0.6) is 0 Å². The number of amides is 3. The van der Waals surface area contributed by atoms with Gasteiger partial charge in [0.05, 0.1) is 6.61 Å². The van der Waals surface area contributed by atoms with E-state index in [1.807, 2.05) is 0 Å². The number of carbonyl (C=O) groups excluding carboxylic acids is 2. The normalized spacial score (nSPS) is 8.93. The second-order valence-corrected chi connectivity index (χ2v) is 2.81. The lowest BCUT2D eigenvalue weighted by Crippen LogP contribution is -2.39. The summed E-state index contributed by atoms with van der Waals surface area (Å²) in [7, 11) is 0. The molecule has 6 heteroatoms. The fourth-order valence-electron chi connectivity index (χ4n) is 0.761. The van der Waals surface area contributed by atoms with Crippen molar-refractivity contribution in [2.24, 2.45) is 0 Å². The SMILES string of the molecule is C=C(C)NC(=O)NCCNC(=O)OCC. The van der Waals surface area contributed by atoms with Crippen LogP contribution in [-0.2, 0) is 4.74 Å². The summed E-state index contributed by atoms with van der Waals surface area (Å²) in [6.45, 7) is 7.89. The average Bonchev–Trinajstić information content (AvgIpc) is 2.12. The van der Waals surface area contributed by atoms with Crippen molar-refractivity contribution >= 4 is 12.1 Å². The van der Waals surface area contributed by atoms with Crippen molar-refractivity contribution in [3.8, 4) is 0 Å². The van der Waals surface area contributed by atoms with Crippen LogP contribution < -0.4 is 16.0 Å². The predicted molar refractivity (Wildman–Crippen MR) is 56.4 cm³/mol. The van der Waals surface area contributed by atoms with Crippen LogP contribution in [0, 0.1) is 0 Å². The Morgan fingerprint density at radius 2 is 1.87 bits per heavy atom. The molecule has 0 heterocycles. The van der Waals surface area contributed by atoms with Gasteiger partial charge in [0.15, 0.2) is 0 Å². The van der Waals surface area contributed by atoms with Gasteiger partial charge < -0.3 is 20.7 Å². The first-order valence-electron chi connectivity index (χ1n) is 4.67. The number of alkyl carbamates (subject to hydrolysis) is 1. The van der Waals surface area contributed by atoms with Gasteiger partial charge in [0.25, 0.3) is 0 Å². The van der Waals surface area contributed by atoms with Crippen LogP contribution in [0.2, 0.25) is 0 Å². The van der Waals surface area contributed by atoms with Crippen molar-refractivity contribution in [3.63, 3.8) is 0 Å². The van der Waals surface area contributed by atoms with E-state index < -0.39 is 6.09 Å². The van der Waals surface area contributed by atoms with E-state index in [1.165, 1.54) is 0 Å². The van der Waals surface area contributed by atoms with Gasteiger partial charge >= 0.3 is 12.1 Å². The molecule has 0 aromatic carbocycles. The second-order valence-electron chi connectivity index (χ2n) is 2.81. The molecule has 0 radical (unpaired) electrons. The molecule has 0 aromatic rings. The Kier molecular flexibility index (Phi) is 6.78. The van der Waals surface area contributed by atoms with Crippen LogP contribution in [0.3, 0.4) is 0 Å². The number of rotatable bonds is 5. The summed E-state index contributed by atoms with van der Waals surface area (Å²) in [5, 5.41) is 7.46. The smallest absolute Gasteiger partial charge is 0.407 e. The minimum atomic E-state index is -0.486. The van der Waals surface area contributed by atoms with Crippen molar-refractivity contribution in [2.75, 3.05) is 19.7 Å². The molecule has 0 spiro atoms. The molecule has 3 N–H and O–H groups in total. The molecule has 0 bridgehead atoms. The largest absolute Gasteiger partial charge is 0.450 e. The predicted octanol–water partition coefficient (Wildman–Crippen LogP) is 0.565. The summed E-state index contributed by atoms with van der Waals surface area (Å²) in [5.41, 5.74) is 0.561. The zero-order valence-electron chi connectivity index (χ0n) is 9.05. The third-order valence-corrected chi connectivity index (χ3v) is 1.28. The quantitative estimate of drug-likeness (QED) is 0.586. The maximum absolute atomic E-state index is 11.0. The molecule has 0 aliphatic rings. The Morgan fingerprint density at radius 3 is 2.40 bits per heavy atom. The second kappa shape index (κ2) is 7.66. The molecule has 0 aliphatic carbocycles. The lowest BCUT2D eigenvalue weighted by atomic mass is 10.5. The maximum Gasteiger partial charge on any atom is 0.407 e.